The summed E-state index contributed by atoms with van der Waals surface area (Å²) < 4.78 is 28.0. The summed E-state index contributed by atoms with van der Waals surface area (Å²) in [5.74, 6) is -0.703. The second-order valence-electron chi connectivity index (χ2n) is 4.49. The van der Waals surface area contributed by atoms with E-state index in [0.717, 1.165) is 10.5 Å². The third-order valence-corrected chi connectivity index (χ3v) is 4.71. The minimum Gasteiger partial charge on any atom is -0.288 e. The smallest absolute Gasteiger partial charge is 0.267 e. The molecule has 2 aromatic rings. The van der Waals surface area contributed by atoms with Gasteiger partial charge in [-0.2, -0.15) is 0 Å². The third-order valence-electron chi connectivity index (χ3n) is 2.80. The summed E-state index contributed by atoms with van der Waals surface area (Å²) in [7, 11) is -3.74. The first-order valence-electron chi connectivity index (χ1n) is 6.41. The van der Waals surface area contributed by atoms with Crippen molar-refractivity contribution in [3.05, 3.63) is 64.6 Å². The second kappa shape index (κ2) is 7.40. The molecule has 0 aliphatic carbocycles. The highest BCUT2D eigenvalue weighted by molar-refractivity contribution is 9.10. The van der Waals surface area contributed by atoms with Crippen LogP contribution in [0, 0.1) is 0 Å². The lowest BCUT2D eigenvalue weighted by Crippen LogP contribution is -2.15. The molecule has 8 heteroatoms. The van der Waals surface area contributed by atoms with Crippen LogP contribution in [0.3, 0.4) is 0 Å². The first-order valence-corrected chi connectivity index (χ1v) is 8.69. The molecule has 0 spiro atoms. The van der Waals surface area contributed by atoms with Crippen LogP contribution >= 0.6 is 15.9 Å². The quantitative estimate of drug-likeness (QED) is 0.411. The van der Waals surface area contributed by atoms with Crippen LogP contribution < -0.4 is 10.2 Å². The van der Waals surface area contributed by atoms with E-state index in [9.17, 15) is 13.2 Å². The Morgan fingerprint density at radius 3 is 2.48 bits per heavy atom. The largest absolute Gasteiger partial charge is 0.288 e. The highest BCUT2D eigenvalue weighted by atomic mass is 79.9. The number of hydroxylamine groups is 1. The Kier molecular flexibility index (Phi) is 5.54. The number of anilines is 1. The van der Waals surface area contributed by atoms with Gasteiger partial charge in [-0.15, -0.1) is 0 Å². The summed E-state index contributed by atoms with van der Waals surface area (Å²) in [6.07, 6.45) is 2.48. The van der Waals surface area contributed by atoms with Crippen molar-refractivity contribution in [3.63, 3.8) is 0 Å². The summed E-state index contributed by atoms with van der Waals surface area (Å²) in [5, 5.41) is 8.42. The molecule has 3 N–H and O–H groups in total. The van der Waals surface area contributed by atoms with Crippen molar-refractivity contribution < 1.29 is 18.4 Å². The number of amides is 1. The summed E-state index contributed by atoms with van der Waals surface area (Å²) in [5.41, 5.74) is 2.40. The van der Waals surface area contributed by atoms with Gasteiger partial charge in [0.05, 0.1) is 4.90 Å². The fourth-order valence-corrected chi connectivity index (χ4v) is 3.10. The number of carbonyl (C=O) groups is 1. The number of benzene rings is 2. The molecule has 120 valence electrons. The number of rotatable bonds is 5. The maximum atomic E-state index is 12.4. The Morgan fingerprint density at radius 2 is 1.83 bits per heavy atom. The molecule has 0 heterocycles. The predicted molar refractivity (Wildman–Crippen MR) is 90.4 cm³/mol. The van der Waals surface area contributed by atoms with E-state index in [4.69, 9.17) is 5.21 Å². The molecule has 1 amide bonds. The van der Waals surface area contributed by atoms with Gasteiger partial charge in [0, 0.05) is 16.2 Å². The fraction of sp³-hybridized carbons (Fsp3) is 0. The molecule has 0 radical (unpaired) electrons. The van der Waals surface area contributed by atoms with Crippen LogP contribution in [0.25, 0.3) is 6.08 Å². The Hall–Kier alpha value is -2.16. The standard InChI is InChI=1S/C15H13BrN2O4S/c16-12-5-7-13(8-6-12)18-23(21,22)14-3-1-2-11(10-14)4-9-15(19)17-20/h1-10,18,20H,(H,17,19). The highest BCUT2D eigenvalue weighted by Gasteiger charge is 2.14. The summed E-state index contributed by atoms with van der Waals surface area (Å²) in [6.45, 7) is 0. The molecular weight excluding hydrogens is 384 g/mol. The van der Waals surface area contributed by atoms with Crippen LogP contribution in [0.5, 0.6) is 0 Å². The zero-order valence-corrected chi connectivity index (χ0v) is 14.1. The normalized spacial score (nSPS) is 11.4. The predicted octanol–water partition coefficient (Wildman–Crippen LogP) is 2.77. The van der Waals surface area contributed by atoms with Gasteiger partial charge in [-0.1, -0.05) is 28.1 Å². The van der Waals surface area contributed by atoms with E-state index in [0.29, 0.717) is 11.3 Å². The summed E-state index contributed by atoms with van der Waals surface area (Å²) >= 11 is 3.28. The zero-order chi connectivity index (χ0) is 16.9. The van der Waals surface area contributed by atoms with Crippen molar-refractivity contribution >= 4 is 43.6 Å². The molecule has 2 aromatic carbocycles. The van der Waals surface area contributed by atoms with Crippen LogP contribution in [0.2, 0.25) is 0 Å². The van der Waals surface area contributed by atoms with E-state index in [1.54, 1.807) is 36.4 Å². The van der Waals surface area contributed by atoms with Crippen molar-refractivity contribution in [2.75, 3.05) is 4.72 Å². The monoisotopic (exact) mass is 396 g/mol. The lowest BCUT2D eigenvalue weighted by Gasteiger charge is -2.08. The first kappa shape index (κ1) is 17.2. The number of halogens is 1. The van der Waals surface area contributed by atoms with Gasteiger partial charge >= 0.3 is 0 Å². The zero-order valence-electron chi connectivity index (χ0n) is 11.7. The molecule has 0 saturated carbocycles. The Morgan fingerprint density at radius 1 is 1.13 bits per heavy atom. The van der Waals surface area contributed by atoms with Crippen LogP contribution in [-0.4, -0.2) is 19.5 Å². The lowest BCUT2D eigenvalue weighted by molar-refractivity contribution is -0.124. The van der Waals surface area contributed by atoms with Gasteiger partial charge in [-0.05, 0) is 48.0 Å². The Balaban J connectivity index is 2.24. The van der Waals surface area contributed by atoms with Crippen molar-refractivity contribution in [1.29, 1.82) is 0 Å². The second-order valence-corrected chi connectivity index (χ2v) is 7.09. The van der Waals surface area contributed by atoms with Gasteiger partial charge in [-0.25, -0.2) is 13.9 Å². The van der Waals surface area contributed by atoms with E-state index in [1.165, 1.54) is 23.7 Å². The van der Waals surface area contributed by atoms with Crippen molar-refractivity contribution in [1.82, 2.24) is 5.48 Å². The maximum Gasteiger partial charge on any atom is 0.267 e. The van der Waals surface area contributed by atoms with E-state index < -0.39 is 15.9 Å². The van der Waals surface area contributed by atoms with E-state index in [1.807, 2.05) is 0 Å². The van der Waals surface area contributed by atoms with Crippen LogP contribution in [0.4, 0.5) is 5.69 Å². The number of sulfonamides is 1. The minimum absolute atomic E-state index is 0.0620. The number of carbonyl (C=O) groups excluding carboxylic acids is 1. The molecule has 0 aliphatic rings. The van der Waals surface area contributed by atoms with E-state index in [2.05, 4.69) is 20.7 Å². The molecule has 6 nitrogen and oxygen atoms in total. The maximum absolute atomic E-state index is 12.4. The molecular formula is C15H13BrN2O4S. The van der Waals surface area contributed by atoms with Gasteiger partial charge in [0.25, 0.3) is 15.9 Å². The van der Waals surface area contributed by atoms with Gasteiger partial charge < -0.3 is 0 Å². The SMILES string of the molecule is O=C(C=Cc1cccc(S(=O)(=O)Nc2ccc(Br)cc2)c1)NO. The van der Waals surface area contributed by atoms with Crippen molar-refractivity contribution in [2.24, 2.45) is 0 Å². The molecule has 0 unspecified atom stereocenters. The van der Waals surface area contributed by atoms with Gasteiger partial charge in [0.1, 0.15) is 0 Å². The molecule has 0 atom stereocenters. The average Bonchev–Trinajstić information content (AvgIpc) is 2.55. The first-order chi connectivity index (χ1) is 10.9. The molecule has 0 fully saturated rings. The van der Waals surface area contributed by atoms with E-state index >= 15 is 0 Å². The average molecular weight is 397 g/mol. The van der Waals surface area contributed by atoms with Crippen LogP contribution in [0.1, 0.15) is 5.56 Å². The summed E-state index contributed by atoms with van der Waals surface area (Å²) in [6, 6.07) is 12.8. The Bertz CT molecular complexity index is 833. The topological polar surface area (TPSA) is 95.5 Å². The number of hydrogen-bond acceptors (Lipinski definition) is 4. The van der Waals surface area contributed by atoms with Crippen molar-refractivity contribution in [2.45, 2.75) is 4.90 Å². The fourth-order valence-electron chi connectivity index (χ4n) is 1.73. The van der Waals surface area contributed by atoms with Gasteiger partial charge in [0.15, 0.2) is 0 Å². The number of nitrogens with one attached hydrogen (secondary N) is 2. The molecule has 0 bridgehead atoms. The van der Waals surface area contributed by atoms with Crippen LogP contribution in [-0.2, 0) is 14.8 Å². The minimum atomic E-state index is -3.74. The van der Waals surface area contributed by atoms with E-state index in [-0.39, 0.29) is 4.90 Å². The third kappa shape index (κ3) is 4.92. The molecule has 23 heavy (non-hydrogen) atoms. The van der Waals surface area contributed by atoms with Crippen LogP contribution in [0.15, 0.2) is 64.0 Å². The van der Waals surface area contributed by atoms with Gasteiger partial charge in [0.2, 0.25) is 0 Å². The number of hydrogen-bond donors (Lipinski definition) is 3. The Labute approximate surface area is 142 Å². The highest BCUT2D eigenvalue weighted by Crippen LogP contribution is 2.19. The van der Waals surface area contributed by atoms with Crippen molar-refractivity contribution in [3.8, 4) is 0 Å². The molecule has 2 rings (SSSR count). The molecule has 0 saturated heterocycles. The summed E-state index contributed by atoms with van der Waals surface area (Å²) in [4.78, 5) is 11.0. The van der Waals surface area contributed by atoms with Gasteiger partial charge in [-0.3, -0.25) is 14.7 Å². The lowest BCUT2D eigenvalue weighted by atomic mass is 10.2. The molecule has 0 aromatic heterocycles. The molecule has 0 aliphatic heterocycles.